The van der Waals surface area contributed by atoms with Crippen LogP contribution >= 0.6 is 0 Å². The van der Waals surface area contributed by atoms with Gasteiger partial charge in [0, 0.05) is 13.1 Å². The van der Waals surface area contributed by atoms with Crippen LogP contribution < -0.4 is 5.32 Å². The Morgan fingerprint density at radius 2 is 1.87 bits per heavy atom. The predicted molar refractivity (Wildman–Crippen MR) is 51.2 cm³/mol. The molecular formula is C10H15NO4. The summed E-state index contributed by atoms with van der Waals surface area (Å²) in [7, 11) is 1.35. The van der Waals surface area contributed by atoms with Crippen LogP contribution in [0.4, 0.5) is 0 Å². The van der Waals surface area contributed by atoms with Crippen molar-refractivity contribution >= 4 is 11.9 Å². The third-order valence-electron chi connectivity index (χ3n) is 3.76. The van der Waals surface area contributed by atoms with Crippen LogP contribution in [0.5, 0.6) is 0 Å². The normalized spacial score (nSPS) is 38.7. The summed E-state index contributed by atoms with van der Waals surface area (Å²) in [5.74, 6) is -1.08. The molecule has 5 nitrogen and oxygen atoms in total. The summed E-state index contributed by atoms with van der Waals surface area (Å²) in [4.78, 5) is 22.9. The molecule has 0 aromatic carbocycles. The van der Waals surface area contributed by atoms with Crippen LogP contribution in [0.1, 0.15) is 19.3 Å². The van der Waals surface area contributed by atoms with Gasteiger partial charge in [0.2, 0.25) is 0 Å². The van der Waals surface area contributed by atoms with Crippen LogP contribution in [0.25, 0.3) is 0 Å². The largest absolute Gasteiger partial charge is 0.481 e. The molecule has 2 atom stereocenters. The summed E-state index contributed by atoms with van der Waals surface area (Å²) in [6, 6.07) is 0. The molecule has 2 N–H and O–H groups in total. The van der Waals surface area contributed by atoms with Crippen LogP contribution in [0.3, 0.4) is 0 Å². The SMILES string of the molecule is COC(=O)C12CCC(C(=O)O)(CNC1)C2. The van der Waals surface area contributed by atoms with Gasteiger partial charge in [0.25, 0.3) is 0 Å². The Morgan fingerprint density at radius 1 is 1.27 bits per heavy atom. The van der Waals surface area contributed by atoms with Gasteiger partial charge >= 0.3 is 11.9 Å². The first-order valence-electron chi connectivity index (χ1n) is 5.07. The monoisotopic (exact) mass is 213 g/mol. The number of piperidine rings is 1. The van der Waals surface area contributed by atoms with Gasteiger partial charge in [-0.1, -0.05) is 0 Å². The maximum Gasteiger partial charge on any atom is 0.313 e. The molecule has 2 rings (SSSR count). The maximum atomic E-state index is 11.7. The first-order valence-corrected chi connectivity index (χ1v) is 5.07. The van der Waals surface area contributed by atoms with E-state index in [1.165, 1.54) is 7.11 Å². The van der Waals surface area contributed by atoms with Crippen LogP contribution in [0.15, 0.2) is 0 Å². The zero-order valence-electron chi connectivity index (χ0n) is 8.71. The van der Waals surface area contributed by atoms with Crippen molar-refractivity contribution in [3.8, 4) is 0 Å². The van der Waals surface area contributed by atoms with Gasteiger partial charge in [-0.25, -0.2) is 0 Å². The standard InChI is InChI=1S/C10H15NO4/c1-15-8(14)10-3-2-9(4-10,7(12)13)5-11-6-10/h11H,2-6H2,1H3,(H,12,13). The van der Waals surface area contributed by atoms with Gasteiger partial charge < -0.3 is 15.2 Å². The molecule has 2 aliphatic rings. The number of carbonyl (C=O) groups excluding carboxylic acids is 1. The minimum Gasteiger partial charge on any atom is -0.481 e. The van der Waals surface area contributed by atoms with Gasteiger partial charge in [0.05, 0.1) is 17.9 Å². The third kappa shape index (κ3) is 1.33. The van der Waals surface area contributed by atoms with Crippen molar-refractivity contribution in [2.75, 3.05) is 20.2 Å². The lowest BCUT2D eigenvalue weighted by atomic mass is 9.76. The zero-order valence-corrected chi connectivity index (χ0v) is 8.71. The number of ether oxygens (including phenoxy) is 1. The summed E-state index contributed by atoms with van der Waals surface area (Å²) in [5, 5.41) is 12.2. The fraction of sp³-hybridized carbons (Fsp3) is 0.800. The highest BCUT2D eigenvalue weighted by molar-refractivity contribution is 5.83. The van der Waals surface area contributed by atoms with E-state index < -0.39 is 16.8 Å². The Kier molecular flexibility index (Phi) is 2.22. The summed E-state index contributed by atoms with van der Waals surface area (Å²) in [5.41, 5.74) is -1.36. The molecule has 1 aliphatic heterocycles. The van der Waals surface area contributed by atoms with Crippen LogP contribution in [0, 0.1) is 10.8 Å². The Morgan fingerprint density at radius 3 is 2.47 bits per heavy atom. The lowest BCUT2D eigenvalue weighted by Crippen LogP contribution is -2.51. The van der Waals surface area contributed by atoms with Crippen molar-refractivity contribution in [2.45, 2.75) is 19.3 Å². The van der Waals surface area contributed by atoms with Crippen molar-refractivity contribution in [2.24, 2.45) is 10.8 Å². The van der Waals surface area contributed by atoms with Gasteiger partial charge in [0.15, 0.2) is 0 Å². The fourth-order valence-electron chi connectivity index (χ4n) is 2.87. The second kappa shape index (κ2) is 3.20. The van der Waals surface area contributed by atoms with Gasteiger partial charge in [-0.05, 0) is 19.3 Å². The summed E-state index contributed by atoms with van der Waals surface area (Å²) < 4.78 is 4.76. The van der Waals surface area contributed by atoms with Crippen molar-refractivity contribution < 1.29 is 19.4 Å². The van der Waals surface area contributed by atoms with Crippen molar-refractivity contribution in [3.63, 3.8) is 0 Å². The number of carboxylic acids is 1. The number of fused-ring (bicyclic) bond motifs is 2. The Hall–Kier alpha value is -1.10. The zero-order chi connectivity index (χ0) is 11.1. The number of rotatable bonds is 2. The minimum absolute atomic E-state index is 0.280. The van der Waals surface area contributed by atoms with Crippen LogP contribution in [-0.4, -0.2) is 37.2 Å². The first kappa shape index (κ1) is 10.4. The van der Waals surface area contributed by atoms with E-state index in [9.17, 15) is 14.7 Å². The number of aliphatic carboxylic acids is 1. The molecular weight excluding hydrogens is 198 g/mol. The van der Waals surface area contributed by atoms with Gasteiger partial charge in [-0.2, -0.15) is 0 Å². The molecule has 84 valence electrons. The smallest absolute Gasteiger partial charge is 0.313 e. The molecule has 0 spiro atoms. The van der Waals surface area contributed by atoms with Crippen molar-refractivity contribution in [1.29, 1.82) is 0 Å². The second-order valence-electron chi connectivity index (χ2n) is 4.64. The molecule has 5 heteroatoms. The number of hydrogen-bond acceptors (Lipinski definition) is 4. The Labute approximate surface area is 87.8 Å². The average molecular weight is 213 g/mol. The molecule has 1 saturated carbocycles. The van der Waals surface area contributed by atoms with Crippen molar-refractivity contribution in [3.05, 3.63) is 0 Å². The number of carbonyl (C=O) groups is 2. The maximum absolute atomic E-state index is 11.7. The number of methoxy groups -OCH3 is 1. The predicted octanol–water partition coefficient (Wildman–Crippen LogP) is 0.00390. The average Bonchev–Trinajstić information content (AvgIpc) is 2.52. The highest BCUT2D eigenvalue weighted by Gasteiger charge is 2.59. The Balaban J connectivity index is 2.27. The van der Waals surface area contributed by atoms with E-state index in [1.54, 1.807) is 0 Å². The number of esters is 1. The number of hydrogen-bond donors (Lipinski definition) is 2. The molecule has 2 unspecified atom stereocenters. The molecule has 2 bridgehead atoms. The molecule has 0 aromatic heterocycles. The van der Waals surface area contributed by atoms with Gasteiger partial charge in [-0.3, -0.25) is 9.59 Å². The first-order chi connectivity index (χ1) is 7.05. The molecule has 0 amide bonds. The van der Waals surface area contributed by atoms with E-state index in [1.807, 2.05) is 0 Å². The lowest BCUT2D eigenvalue weighted by Gasteiger charge is -2.35. The topological polar surface area (TPSA) is 75.6 Å². The van der Waals surface area contributed by atoms with E-state index >= 15 is 0 Å². The van der Waals surface area contributed by atoms with E-state index in [4.69, 9.17) is 4.74 Å². The van der Waals surface area contributed by atoms with E-state index in [2.05, 4.69) is 5.32 Å². The molecule has 1 heterocycles. The second-order valence-corrected chi connectivity index (χ2v) is 4.64. The molecule has 15 heavy (non-hydrogen) atoms. The summed E-state index contributed by atoms with van der Waals surface area (Å²) >= 11 is 0. The van der Waals surface area contributed by atoms with E-state index in [-0.39, 0.29) is 5.97 Å². The molecule has 1 aliphatic carbocycles. The van der Waals surface area contributed by atoms with Gasteiger partial charge in [-0.15, -0.1) is 0 Å². The highest BCUT2D eigenvalue weighted by atomic mass is 16.5. The molecule has 0 aromatic rings. The third-order valence-corrected chi connectivity index (χ3v) is 3.76. The fourth-order valence-corrected chi connectivity index (χ4v) is 2.87. The minimum atomic E-state index is -0.805. The molecule has 1 saturated heterocycles. The summed E-state index contributed by atoms with van der Waals surface area (Å²) in [6.07, 6.45) is 1.58. The Bertz CT molecular complexity index is 317. The summed E-state index contributed by atoms with van der Waals surface area (Å²) in [6.45, 7) is 0.996. The highest BCUT2D eigenvalue weighted by Crippen LogP contribution is 2.52. The number of nitrogens with one attached hydrogen (secondary N) is 1. The molecule has 2 fully saturated rings. The van der Waals surface area contributed by atoms with Gasteiger partial charge in [0.1, 0.15) is 0 Å². The van der Waals surface area contributed by atoms with E-state index in [0.29, 0.717) is 32.4 Å². The number of carboxylic acid groups (broad SMARTS) is 1. The molecule has 0 radical (unpaired) electrons. The van der Waals surface area contributed by atoms with E-state index in [0.717, 1.165) is 0 Å². The lowest BCUT2D eigenvalue weighted by molar-refractivity contribution is -0.157. The quantitative estimate of drug-likeness (QED) is 0.632. The van der Waals surface area contributed by atoms with Crippen LogP contribution in [0.2, 0.25) is 0 Å². The van der Waals surface area contributed by atoms with Crippen LogP contribution in [-0.2, 0) is 14.3 Å². The van der Waals surface area contributed by atoms with Crippen molar-refractivity contribution in [1.82, 2.24) is 5.32 Å².